The Morgan fingerprint density at radius 1 is 0.857 bits per heavy atom. The van der Waals surface area contributed by atoms with Crippen LogP contribution in [0.3, 0.4) is 0 Å². The molecule has 0 saturated heterocycles. The zero-order valence-electron chi connectivity index (χ0n) is 11.2. The monoisotopic (exact) mass is 269 g/mol. The molecule has 0 aliphatic rings. The van der Waals surface area contributed by atoms with Gasteiger partial charge in [0.15, 0.2) is 0 Å². The van der Waals surface area contributed by atoms with Crippen LogP contribution in [0.2, 0.25) is 0 Å². The lowest BCUT2D eigenvalue weighted by molar-refractivity contribution is 0.468. The molecule has 0 amide bonds. The van der Waals surface area contributed by atoms with Crippen LogP contribution in [0.15, 0.2) is 54.7 Å². The highest BCUT2D eigenvalue weighted by Gasteiger charge is 2.10. The molecule has 0 fully saturated rings. The predicted molar refractivity (Wildman–Crippen MR) is 84.1 cm³/mol. The second kappa shape index (κ2) is 5.41. The van der Waals surface area contributed by atoms with Gasteiger partial charge in [0, 0.05) is 34.2 Å². The summed E-state index contributed by atoms with van der Waals surface area (Å²) in [6, 6.07) is 14.9. The molecule has 0 spiro atoms. The van der Waals surface area contributed by atoms with Crippen molar-refractivity contribution in [1.82, 2.24) is 4.98 Å². The number of nitrogens with zero attached hydrogens (tertiary/aromatic N) is 1. The van der Waals surface area contributed by atoms with E-state index in [0.717, 1.165) is 21.9 Å². The zero-order valence-corrected chi connectivity index (χ0v) is 11.2. The van der Waals surface area contributed by atoms with Crippen molar-refractivity contribution in [1.29, 1.82) is 0 Å². The summed E-state index contributed by atoms with van der Waals surface area (Å²) in [5.41, 5.74) is 1.51. The molecule has 1 heterocycles. The third kappa shape index (κ3) is 2.31. The van der Waals surface area contributed by atoms with E-state index in [4.69, 9.17) is 17.6 Å². The Bertz CT molecular complexity index is 863. The van der Waals surface area contributed by atoms with Gasteiger partial charge < -0.3 is 4.74 Å². The lowest BCUT2D eigenvalue weighted by Crippen LogP contribution is -1.91. The Kier molecular flexibility index (Phi) is 3.29. The first kappa shape index (κ1) is 12.8. The van der Waals surface area contributed by atoms with Crippen molar-refractivity contribution in [3.8, 4) is 36.3 Å². The van der Waals surface area contributed by atoms with Gasteiger partial charge in [-0.1, -0.05) is 30.0 Å². The van der Waals surface area contributed by atoms with Crippen molar-refractivity contribution in [2.24, 2.45) is 0 Å². The summed E-state index contributed by atoms with van der Waals surface area (Å²) >= 11 is 0. The minimum absolute atomic E-state index is 0.526. The minimum Gasteiger partial charge on any atom is -0.438 e. The highest BCUT2D eigenvalue weighted by Crippen LogP contribution is 2.33. The molecule has 3 rings (SSSR count). The first-order chi connectivity index (χ1) is 10.3. The second-order valence-corrected chi connectivity index (χ2v) is 4.40. The summed E-state index contributed by atoms with van der Waals surface area (Å²) < 4.78 is 5.84. The highest BCUT2D eigenvalue weighted by atomic mass is 16.5. The first-order valence-electron chi connectivity index (χ1n) is 6.41. The van der Waals surface area contributed by atoms with Crippen molar-refractivity contribution < 1.29 is 4.74 Å². The van der Waals surface area contributed by atoms with E-state index in [1.165, 1.54) is 0 Å². The number of rotatable bonds is 2. The number of hydrogen-bond acceptors (Lipinski definition) is 2. The average molecular weight is 269 g/mol. The van der Waals surface area contributed by atoms with Gasteiger partial charge in [0.05, 0.1) is 0 Å². The molecule has 0 saturated carbocycles. The third-order valence-electron chi connectivity index (χ3n) is 3.16. The summed E-state index contributed by atoms with van der Waals surface area (Å²) in [5.74, 6) is 6.54. The van der Waals surface area contributed by atoms with Crippen LogP contribution in [0.4, 0.5) is 0 Å². The van der Waals surface area contributed by atoms with E-state index in [1.54, 1.807) is 12.3 Å². The number of aromatic nitrogens is 1. The Balaban J connectivity index is 2.22. The fraction of sp³-hybridized carbons (Fsp3) is 0. The molecule has 0 unspecified atom stereocenters. The largest absolute Gasteiger partial charge is 0.438 e. The number of terminal acetylenes is 2. The van der Waals surface area contributed by atoms with Gasteiger partial charge >= 0.3 is 0 Å². The molecule has 21 heavy (non-hydrogen) atoms. The molecule has 0 aliphatic heterocycles. The van der Waals surface area contributed by atoms with Crippen LogP contribution < -0.4 is 4.74 Å². The molecule has 0 atom stereocenters. The van der Waals surface area contributed by atoms with Crippen molar-refractivity contribution >= 4 is 10.8 Å². The third-order valence-corrected chi connectivity index (χ3v) is 3.16. The Hall–Kier alpha value is -3.23. The molecular weight excluding hydrogens is 258 g/mol. The van der Waals surface area contributed by atoms with Gasteiger partial charge in [-0.2, -0.15) is 0 Å². The number of benzene rings is 2. The van der Waals surface area contributed by atoms with Crippen LogP contribution in [-0.2, 0) is 0 Å². The Morgan fingerprint density at radius 3 is 2.38 bits per heavy atom. The van der Waals surface area contributed by atoms with Crippen molar-refractivity contribution in [3.05, 3.63) is 65.9 Å². The van der Waals surface area contributed by atoms with E-state index >= 15 is 0 Å². The molecule has 0 bridgehead atoms. The molecule has 98 valence electrons. The smallest absolute Gasteiger partial charge is 0.219 e. The predicted octanol–water partition coefficient (Wildman–Crippen LogP) is 3.99. The van der Waals surface area contributed by atoms with Gasteiger partial charge in [-0.05, 0) is 24.3 Å². The highest BCUT2D eigenvalue weighted by molar-refractivity contribution is 5.97. The van der Waals surface area contributed by atoms with E-state index < -0.39 is 0 Å². The lowest BCUT2D eigenvalue weighted by atomic mass is 9.99. The Morgan fingerprint density at radius 2 is 1.67 bits per heavy atom. The molecule has 0 aliphatic carbocycles. The summed E-state index contributed by atoms with van der Waals surface area (Å²) in [4.78, 5) is 4.16. The van der Waals surface area contributed by atoms with E-state index in [2.05, 4.69) is 16.8 Å². The Labute approximate surface area is 123 Å². The zero-order chi connectivity index (χ0) is 14.7. The average Bonchev–Trinajstić information content (AvgIpc) is 2.55. The van der Waals surface area contributed by atoms with Gasteiger partial charge in [0.2, 0.25) is 5.88 Å². The van der Waals surface area contributed by atoms with Crippen LogP contribution in [0, 0.1) is 24.7 Å². The van der Waals surface area contributed by atoms with E-state index in [0.29, 0.717) is 11.6 Å². The maximum atomic E-state index is 5.84. The lowest BCUT2D eigenvalue weighted by Gasteiger charge is -2.10. The fourth-order valence-corrected chi connectivity index (χ4v) is 2.23. The molecule has 0 radical (unpaired) electrons. The van der Waals surface area contributed by atoms with E-state index in [1.807, 2.05) is 42.5 Å². The standard InChI is InChI=1S/C19H11NO/c1-3-14-8-7-9-16-17(12-11-15(4-2)19(14)16)21-18-10-5-6-13-20-18/h1-2,5-13H. The van der Waals surface area contributed by atoms with Crippen LogP contribution in [0.1, 0.15) is 11.1 Å². The maximum Gasteiger partial charge on any atom is 0.219 e. The molecule has 0 N–H and O–H groups in total. The number of pyridine rings is 1. The normalized spacial score (nSPS) is 9.81. The molecule has 2 nitrogen and oxygen atoms in total. The first-order valence-corrected chi connectivity index (χ1v) is 6.41. The van der Waals surface area contributed by atoms with Gasteiger partial charge in [0.1, 0.15) is 5.75 Å². The van der Waals surface area contributed by atoms with Crippen LogP contribution >= 0.6 is 0 Å². The number of ether oxygens (including phenoxy) is 1. The van der Waals surface area contributed by atoms with Crippen LogP contribution in [-0.4, -0.2) is 4.98 Å². The fourth-order valence-electron chi connectivity index (χ4n) is 2.23. The van der Waals surface area contributed by atoms with E-state index in [-0.39, 0.29) is 0 Å². The van der Waals surface area contributed by atoms with Gasteiger partial charge in [-0.25, -0.2) is 4.98 Å². The second-order valence-electron chi connectivity index (χ2n) is 4.40. The van der Waals surface area contributed by atoms with Crippen molar-refractivity contribution in [2.75, 3.05) is 0 Å². The summed E-state index contributed by atoms with van der Waals surface area (Å²) in [6.45, 7) is 0. The van der Waals surface area contributed by atoms with Crippen LogP contribution in [0.25, 0.3) is 10.8 Å². The van der Waals surface area contributed by atoms with Gasteiger partial charge in [-0.15, -0.1) is 12.8 Å². The quantitative estimate of drug-likeness (QED) is 0.656. The van der Waals surface area contributed by atoms with Gasteiger partial charge in [0.25, 0.3) is 0 Å². The SMILES string of the molecule is C#Cc1cccc2c(Oc3ccccn3)ccc(C#C)c12. The molecule has 2 aromatic carbocycles. The van der Waals surface area contributed by atoms with E-state index in [9.17, 15) is 0 Å². The number of hydrogen-bond donors (Lipinski definition) is 0. The van der Waals surface area contributed by atoms with Crippen molar-refractivity contribution in [3.63, 3.8) is 0 Å². The summed E-state index contributed by atoms with van der Waals surface area (Å²) in [7, 11) is 0. The molecule has 2 heteroatoms. The number of fused-ring (bicyclic) bond motifs is 1. The molecule has 1 aromatic heterocycles. The van der Waals surface area contributed by atoms with Crippen LogP contribution in [0.5, 0.6) is 11.6 Å². The summed E-state index contributed by atoms with van der Waals surface area (Å²) in [6.07, 6.45) is 12.8. The van der Waals surface area contributed by atoms with Gasteiger partial charge in [-0.3, -0.25) is 0 Å². The summed E-state index contributed by atoms with van der Waals surface area (Å²) in [5, 5.41) is 1.74. The molecular formula is C19H11NO. The molecule has 3 aromatic rings. The minimum atomic E-state index is 0.526. The topological polar surface area (TPSA) is 22.1 Å². The maximum absolute atomic E-state index is 5.84. The van der Waals surface area contributed by atoms with Crippen molar-refractivity contribution in [2.45, 2.75) is 0 Å².